The van der Waals surface area contributed by atoms with Crippen molar-refractivity contribution in [2.45, 2.75) is 13.1 Å². The second-order valence-corrected chi connectivity index (χ2v) is 8.08. The molecule has 4 rings (SSSR count). The van der Waals surface area contributed by atoms with Crippen LogP contribution in [0.3, 0.4) is 0 Å². The van der Waals surface area contributed by atoms with Crippen molar-refractivity contribution in [3.8, 4) is 0 Å². The molecule has 4 aromatic rings. The highest BCUT2D eigenvalue weighted by Gasteiger charge is 2.20. The first-order chi connectivity index (χ1) is 13.9. The zero-order valence-electron chi connectivity index (χ0n) is 15.3. The Bertz CT molecular complexity index is 1360. The zero-order valence-corrected chi connectivity index (χ0v) is 18.4. The van der Waals surface area contributed by atoms with E-state index in [2.05, 4.69) is 20.9 Å². The Hall–Kier alpha value is -2.35. The lowest BCUT2D eigenvalue weighted by molar-refractivity contribution is 0.653. The molecular weight excluding hydrogens is 479 g/mol. The number of aromatic nitrogens is 4. The van der Waals surface area contributed by atoms with E-state index in [0.717, 1.165) is 5.56 Å². The van der Waals surface area contributed by atoms with E-state index < -0.39 is 11.2 Å². The topological polar surface area (TPSA) is 61.8 Å². The van der Waals surface area contributed by atoms with Gasteiger partial charge >= 0.3 is 5.69 Å². The van der Waals surface area contributed by atoms with E-state index in [4.69, 9.17) is 23.2 Å². The molecule has 2 heterocycles. The molecule has 0 amide bonds. The molecule has 0 aliphatic rings. The van der Waals surface area contributed by atoms with E-state index in [1.807, 2.05) is 24.3 Å². The Kier molecular flexibility index (Phi) is 5.38. The van der Waals surface area contributed by atoms with Crippen LogP contribution in [0.15, 0.2) is 62.9 Å². The average Bonchev–Trinajstić information content (AvgIpc) is 3.03. The molecule has 0 aliphatic carbocycles. The third-order valence-corrected chi connectivity index (χ3v) is 6.10. The zero-order chi connectivity index (χ0) is 20.7. The molecule has 29 heavy (non-hydrogen) atoms. The highest BCUT2D eigenvalue weighted by molar-refractivity contribution is 9.10. The molecule has 0 saturated carbocycles. The Morgan fingerprint density at radius 3 is 1.97 bits per heavy atom. The summed E-state index contributed by atoms with van der Waals surface area (Å²) < 4.78 is 4.68. The summed E-state index contributed by atoms with van der Waals surface area (Å²) in [5.74, 6) is 0. The van der Waals surface area contributed by atoms with Crippen LogP contribution in [0.5, 0.6) is 0 Å². The fourth-order valence-electron chi connectivity index (χ4n) is 3.22. The van der Waals surface area contributed by atoms with Gasteiger partial charge in [0.15, 0.2) is 15.9 Å². The fraction of sp³-hybridized carbons (Fsp3) is 0.150. The lowest BCUT2D eigenvalue weighted by Crippen LogP contribution is -2.40. The van der Waals surface area contributed by atoms with Crippen molar-refractivity contribution in [1.29, 1.82) is 0 Å². The monoisotopic (exact) mass is 492 g/mol. The molecule has 0 radical (unpaired) electrons. The molecule has 0 atom stereocenters. The summed E-state index contributed by atoms with van der Waals surface area (Å²) in [7, 11) is 1.59. The number of rotatable bonds is 4. The highest BCUT2D eigenvalue weighted by Crippen LogP contribution is 2.22. The number of benzene rings is 2. The largest absolute Gasteiger partial charge is 0.332 e. The second-order valence-electron chi connectivity index (χ2n) is 6.55. The van der Waals surface area contributed by atoms with Gasteiger partial charge in [0.1, 0.15) is 0 Å². The molecule has 0 unspecified atom stereocenters. The van der Waals surface area contributed by atoms with Crippen LogP contribution in [-0.4, -0.2) is 18.7 Å². The minimum absolute atomic E-state index is 0.0655. The van der Waals surface area contributed by atoms with Gasteiger partial charge in [0.25, 0.3) is 5.56 Å². The van der Waals surface area contributed by atoms with Crippen LogP contribution in [0.4, 0.5) is 0 Å². The standard InChI is InChI=1S/C20H15BrCl2N4O2/c1-25-17-16(26(19(21)24-17)10-12-6-2-4-8-14(12)22)18(28)27(20(25)29)11-13-7-3-5-9-15(13)23/h2-9H,10-11H2,1H3. The van der Waals surface area contributed by atoms with Crippen molar-refractivity contribution in [2.75, 3.05) is 0 Å². The predicted molar refractivity (Wildman–Crippen MR) is 118 cm³/mol. The Labute approximate surface area is 184 Å². The van der Waals surface area contributed by atoms with Crippen molar-refractivity contribution < 1.29 is 0 Å². The fourth-order valence-corrected chi connectivity index (χ4v) is 4.08. The molecule has 0 N–H and O–H groups in total. The predicted octanol–water partition coefficient (Wildman–Crippen LogP) is 4.06. The van der Waals surface area contributed by atoms with E-state index in [0.29, 0.717) is 38.1 Å². The van der Waals surface area contributed by atoms with Crippen LogP contribution in [0, 0.1) is 0 Å². The van der Waals surface area contributed by atoms with E-state index in [1.54, 1.807) is 35.9 Å². The van der Waals surface area contributed by atoms with Crippen molar-refractivity contribution in [2.24, 2.45) is 7.05 Å². The van der Waals surface area contributed by atoms with E-state index in [-0.39, 0.29) is 6.54 Å². The second kappa shape index (κ2) is 7.82. The van der Waals surface area contributed by atoms with Crippen molar-refractivity contribution in [3.05, 3.63) is 95.3 Å². The molecule has 6 nitrogen and oxygen atoms in total. The number of nitrogens with zero attached hydrogens (tertiary/aromatic N) is 4. The summed E-state index contributed by atoms with van der Waals surface area (Å²) in [6.45, 7) is 0.395. The van der Waals surface area contributed by atoms with Crippen LogP contribution in [0.25, 0.3) is 11.2 Å². The Morgan fingerprint density at radius 2 is 1.41 bits per heavy atom. The molecule has 2 aromatic carbocycles. The van der Waals surface area contributed by atoms with Crippen molar-refractivity contribution in [3.63, 3.8) is 0 Å². The van der Waals surface area contributed by atoms with Crippen LogP contribution >= 0.6 is 39.1 Å². The first kappa shape index (κ1) is 19.9. The van der Waals surface area contributed by atoms with Gasteiger partial charge in [0.2, 0.25) is 0 Å². The van der Waals surface area contributed by atoms with E-state index >= 15 is 0 Å². The molecule has 0 bridgehead atoms. The quantitative estimate of drug-likeness (QED) is 0.403. The molecular formula is C20H15BrCl2N4O2. The number of hydrogen-bond acceptors (Lipinski definition) is 3. The molecule has 0 saturated heterocycles. The first-order valence-corrected chi connectivity index (χ1v) is 10.3. The van der Waals surface area contributed by atoms with Crippen LogP contribution in [0.1, 0.15) is 11.1 Å². The summed E-state index contributed by atoms with van der Waals surface area (Å²) in [5.41, 5.74) is 1.23. The molecule has 0 aliphatic heterocycles. The summed E-state index contributed by atoms with van der Waals surface area (Å²) in [4.78, 5) is 30.6. The maximum Gasteiger partial charge on any atom is 0.332 e. The highest BCUT2D eigenvalue weighted by atomic mass is 79.9. The average molecular weight is 494 g/mol. The van der Waals surface area contributed by atoms with Gasteiger partial charge in [-0.05, 0) is 39.2 Å². The number of fused-ring (bicyclic) bond motifs is 1. The van der Waals surface area contributed by atoms with Crippen LogP contribution in [0.2, 0.25) is 10.0 Å². The SMILES string of the molecule is Cn1c(=O)n(Cc2ccccc2Cl)c(=O)c2c1nc(Br)n2Cc1ccccc1Cl. The first-order valence-electron chi connectivity index (χ1n) is 8.71. The summed E-state index contributed by atoms with van der Waals surface area (Å²) in [6, 6.07) is 14.5. The number of halogens is 3. The third-order valence-electron chi connectivity index (χ3n) is 4.76. The van der Waals surface area contributed by atoms with Gasteiger partial charge in [0.05, 0.1) is 13.1 Å². The molecule has 0 fully saturated rings. The number of hydrogen-bond donors (Lipinski definition) is 0. The lowest BCUT2D eigenvalue weighted by atomic mass is 10.2. The van der Waals surface area contributed by atoms with Gasteiger partial charge in [-0.25, -0.2) is 9.78 Å². The van der Waals surface area contributed by atoms with Crippen molar-refractivity contribution >= 4 is 50.3 Å². The van der Waals surface area contributed by atoms with Gasteiger partial charge < -0.3 is 4.57 Å². The third kappa shape index (κ3) is 3.54. The minimum Gasteiger partial charge on any atom is -0.308 e. The van der Waals surface area contributed by atoms with Crippen molar-refractivity contribution in [1.82, 2.24) is 18.7 Å². The maximum absolute atomic E-state index is 13.3. The summed E-state index contributed by atoms with van der Waals surface area (Å²) >= 11 is 15.9. The van der Waals surface area contributed by atoms with Crippen LogP contribution in [-0.2, 0) is 20.1 Å². The smallest absolute Gasteiger partial charge is 0.308 e. The van der Waals surface area contributed by atoms with E-state index in [9.17, 15) is 9.59 Å². The molecule has 9 heteroatoms. The number of imidazole rings is 1. The maximum atomic E-state index is 13.3. The van der Waals surface area contributed by atoms with Crippen LogP contribution < -0.4 is 11.2 Å². The lowest BCUT2D eigenvalue weighted by Gasteiger charge is -2.11. The Morgan fingerprint density at radius 1 is 0.897 bits per heavy atom. The number of aryl methyl sites for hydroxylation is 1. The summed E-state index contributed by atoms with van der Waals surface area (Å²) in [6.07, 6.45) is 0. The normalized spacial score (nSPS) is 11.3. The Balaban J connectivity index is 1.93. The summed E-state index contributed by atoms with van der Waals surface area (Å²) in [5, 5.41) is 1.08. The van der Waals surface area contributed by atoms with Gasteiger partial charge in [0, 0.05) is 17.1 Å². The van der Waals surface area contributed by atoms with Gasteiger partial charge in [-0.2, -0.15) is 0 Å². The molecule has 0 spiro atoms. The van der Waals surface area contributed by atoms with Gasteiger partial charge in [-0.1, -0.05) is 59.6 Å². The minimum atomic E-state index is -0.461. The molecule has 2 aromatic heterocycles. The molecule has 148 valence electrons. The van der Waals surface area contributed by atoms with Gasteiger partial charge in [-0.3, -0.25) is 13.9 Å². The van der Waals surface area contributed by atoms with Gasteiger partial charge in [-0.15, -0.1) is 0 Å². The van der Waals surface area contributed by atoms with E-state index in [1.165, 1.54) is 9.13 Å².